The molecule has 0 radical (unpaired) electrons. The van der Waals surface area contributed by atoms with E-state index in [2.05, 4.69) is 12.1 Å². The maximum absolute atomic E-state index is 13.2. The van der Waals surface area contributed by atoms with Gasteiger partial charge in [-0.05, 0) is 60.1 Å². The van der Waals surface area contributed by atoms with Crippen molar-refractivity contribution in [2.24, 2.45) is 0 Å². The van der Waals surface area contributed by atoms with E-state index in [1.54, 1.807) is 6.07 Å². The van der Waals surface area contributed by atoms with E-state index in [9.17, 15) is 9.50 Å². The Morgan fingerprint density at radius 2 is 1.60 bits per heavy atom. The number of aryl methyl sites for hydroxylation is 2. The van der Waals surface area contributed by atoms with Crippen molar-refractivity contribution in [3.63, 3.8) is 0 Å². The molecule has 0 spiro atoms. The molecule has 0 bridgehead atoms. The first-order chi connectivity index (χ1) is 9.65. The largest absolute Gasteiger partial charge is 0.384 e. The molecule has 0 saturated carbocycles. The van der Waals surface area contributed by atoms with E-state index in [1.807, 2.05) is 6.07 Å². The van der Waals surface area contributed by atoms with Crippen molar-refractivity contribution in [2.75, 3.05) is 0 Å². The zero-order chi connectivity index (χ0) is 14.1. The van der Waals surface area contributed by atoms with Gasteiger partial charge in [0.2, 0.25) is 0 Å². The first-order valence-electron chi connectivity index (χ1n) is 6.90. The number of fused-ring (bicyclic) bond motifs is 1. The molecular weight excluding hydrogens is 275 g/mol. The van der Waals surface area contributed by atoms with Crippen LogP contribution in [0, 0.1) is 5.82 Å². The van der Waals surface area contributed by atoms with Crippen molar-refractivity contribution in [3.8, 4) is 0 Å². The van der Waals surface area contributed by atoms with Crippen LogP contribution in [0.25, 0.3) is 0 Å². The maximum Gasteiger partial charge on any atom is 0.141 e. The van der Waals surface area contributed by atoms with Crippen molar-refractivity contribution >= 4 is 11.6 Å². The molecule has 0 aliphatic heterocycles. The van der Waals surface area contributed by atoms with E-state index >= 15 is 0 Å². The van der Waals surface area contributed by atoms with Gasteiger partial charge in [-0.15, -0.1) is 0 Å². The first-order valence-corrected chi connectivity index (χ1v) is 7.27. The van der Waals surface area contributed by atoms with Gasteiger partial charge in [0, 0.05) is 0 Å². The Morgan fingerprint density at radius 1 is 0.950 bits per heavy atom. The Balaban J connectivity index is 1.93. The Morgan fingerprint density at radius 3 is 2.35 bits per heavy atom. The van der Waals surface area contributed by atoms with E-state index in [0.29, 0.717) is 5.56 Å². The summed E-state index contributed by atoms with van der Waals surface area (Å²) in [5, 5.41) is 10.5. The molecule has 0 amide bonds. The molecule has 1 aliphatic carbocycles. The van der Waals surface area contributed by atoms with Crippen LogP contribution in [0.5, 0.6) is 0 Å². The molecule has 2 aromatic carbocycles. The highest BCUT2D eigenvalue weighted by molar-refractivity contribution is 6.30. The monoisotopic (exact) mass is 290 g/mol. The van der Waals surface area contributed by atoms with Crippen molar-refractivity contribution in [1.82, 2.24) is 0 Å². The zero-order valence-electron chi connectivity index (χ0n) is 11.1. The minimum absolute atomic E-state index is 0.0412. The number of aliphatic hydroxyl groups excluding tert-OH is 1. The van der Waals surface area contributed by atoms with Gasteiger partial charge in [0.05, 0.1) is 5.02 Å². The normalized spacial score (nSPS) is 15.8. The highest BCUT2D eigenvalue weighted by Gasteiger charge is 2.15. The first kappa shape index (κ1) is 13.6. The van der Waals surface area contributed by atoms with E-state index in [-0.39, 0.29) is 5.02 Å². The van der Waals surface area contributed by atoms with Gasteiger partial charge in [-0.1, -0.05) is 35.9 Å². The second-order valence-electron chi connectivity index (χ2n) is 5.31. The predicted octanol–water partition coefficient (Wildman–Crippen LogP) is 4.44. The van der Waals surface area contributed by atoms with Crippen molar-refractivity contribution in [2.45, 2.75) is 31.8 Å². The van der Waals surface area contributed by atoms with Crippen LogP contribution in [-0.4, -0.2) is 5.11 Å². The number of benzene rings is 2. The molecule has 0 heterocycles. The molecule has 0 aromatic heterocycles. The van der Waals surface area contributed by atoms with Crippen LogP contribution in [-0.2, 0) is 12.8 Å². The summed E-state index contributed by atoms with van der Waals surface area (Å²) in [6.45, 7) is 0. The van der Waals surface area contributed by atoms with E-state index in [1.165, 1.54) is 36.1 Å². The summed E-state index contributed by atoms with van der Waals surface area (Å²) in [6, 6.07) is 10.5. The number of hydrogen-bond donors (Lipinski definition) is 1. The third-order valence-electron chi connectivity index (χ3n) is 3.95. The van der Waals surface area contributed by atoms with Crippen molar-refractivity contribution in [3.05, 3.63) is 69.5 Å². The molecule has 1 atom stereocenters. The third-order valence-corrected chi connectivity index (χ3v) is 4.24. The SMILES string of the molecule is OC(c1ccc(F)c(Cl)c1)c1ccc2c(c1)CCCC2. The van der Waals surface area contributed by atoms with Gasteiger partial charge in [-0.25, -0.2) is 4.39 Å². The molecular formula is C17H16ClFO. The Bertz CT molecular complexity index is 639. The smallest absolute Gasteiger partial charge is 0.141 e. The van der Waals surface area contributed by atoms with Gasteiger partial charge < -0.3 is 5.11 Å². The molecule has 3 heteroatoms. The summed E-state index contributed by atoms with van der Waals surface area (Å²) in [6.07, 6.45) is 3.87. The van der Waals surface area contributed by atoms with Gasteiger partial charge in [0.25, 0.3) is 0 Å². The van der Waals surface area contributed by atoms with Gasteiger partial charge >= 0.3 is 0 Å². The Kier molecular flexibility index (Phi) is 3.77. The molecule has 20 heavy (non-hydrogen) atoms. The second-order valence-corrected chi connectivity index (χ2v) is 5.72. The van der Waals surface area contributed by atoms with Crippen LogP contribution in [0.2, 0.25) is 5.02 Å². The van der Waals surface area contributed by atoms with Gasteiger partial charge in [-0.2, -0.15) is 0 Å². The molecule has 1 nitrogen and oxygen atoms in total. The van der Waals surface area contributed by atoms with Crippen LogP contribution in [0.3, 0.4) is 0 Å². The summed E-state index contributed by atoms with van der Waals surface area (Å²) in [5.74, 6) is -0.465. The summed E-state index contributed by atoms with van der Waals surface area (Å²) < 4.78 is 13.2. The molecule has 1 N–H and O–H groups in total. The van der Waals surface area contributed by atoms with Crippen LogP contribution in [0.4, 0.5) is 4.39 Å². The van der Waals surface area contributed by atoms with E-state index in [4.69, 9.17) is 11.6 Å². The number of halogens is 2. The van der Waals surface area contributed by atoms with Crippen LogP contribution in [0.15, 0.2) is 36.4 Å². The van der Waals surface area contributed by atoms with Gasteiger partial charge in [-0.3, -0.25) is 0 Å². The molecule has 3 rings (SSSR count). The van der Waals surface area contributed by atoms with E-state index in [0.717, 1.165) is 18.4 Å². The highest BCUT2D eigenvalue weighted by atomic mass is 35.5. The molecule has 0 saturated heterocycles. The van der Waals surface area contributed by atoms with Crippen LogP contribution < -0.4 is 0 Å². The summed E-state index contributed by atoms with van der Waals surface area (Å²) in [5.41, 5.74) is 4.16. The topological polar surface area (TPSA) is 20.2 Å². The number of rotatable bonds is 2. The summed E-state index contributed by atoms with van der Waals surface area (Å²) in [4.78, 5) is 0. The highest BCUT2D eigenvalue weighted by Crippen LogP contribution is 2.29. The fourth-order valence-corrected chi connectivity index (χ4v) is 2.99. The van der Waals surface area contributed by atoms with Crippen LogP contribution >= 0.6 is 11.6 Å². The van der Waals surface area contributed by atoms with Crippen molar-refractivity contribution in [1.29, 1.82) is 0 Å². The Labute approximate surface area is 123 Å². The van der Waals surface area contributed by atoms with Crippen molar-refractivity contribution < 1.29 is 9.50 Å². The predicted molar refractivity (Wildman–Crippen MR) is 78.6 cm³/mol. The average molecular weight is 291 g/mol. The fraction of sp³-hybridized carbons (Fsp3) is 0.294. The lowest BCUT2D eigenvalue weighted by molar-refractivity contribution is 0.220. The van der Waals surface area contributed by atoms with Gasteiger partial charge in [0.1, 0.15) is 11.9 Å². The lowest BCUT2D eigenvalue weighted by Gasteiger charge is -2.19. The average Bonchev–Trinajstić information content (AvgIpc) is 2.49. The lowest BCUT2D eigenvalue weighted by Crippen LogP contribution is -2.06. The van der Waals surface area contributed by atoms with Crippen LogP contribution in [0.1, 0.15) is 41.2 Å². The Hall–Kier alpha value is -1.38. The molecule has 1 aliphatic rings. The van der Waals surface area contributed by atoms with E-state index < -0.39 is 11.9 Å². The minimum Gasteiger partial charge on any atom is -0.384 e. The minimum atomic E-state index is -0.764. The molecule has 1 unspecified atom stereocenters. The molecule has 2 aromatic rings. The number of hydrogen-bond acceptors (Lipinski definition) is 1. The third kappa shape index (κ3) is 2.58. The molecule has 104 valence electrons. The fourth-order valence-electron chi connectivity index (χ4n) is 2.80. The lowest BCUT2D eigenvalue weighted by atomic mass is 9.88. The maximum atomic E-state index is 13.2. The summed E-state index contributed by atoms with van der Waals surface area (Å²) in [7, 11) is 0. The standard InChI is InChI=1S/C17H16ClFO/c18-15-10-14(7-8-16(15)19)17(20)13-6-5-11-3-1-2-4-12(11)9-13/h5-10,17,20H,1-4H2. The quantitative estimate of drug-likeness (QED) is 0.867. The summed E-state index contributed by atoms with van der Waals surface area (Å²) >= 11 is 5.77. The van der Waals surface area contributed by atoms with Gasteiger partial charge in [0.15, 0.2) is 0 Å². The second kappa shape index (κ2) is 5.55. The number of aliphatic hydroxyl groups is 1. The molecule has 0 fully saturated rings. The zero-order valence-corrected chi connectivity index (χ0v) is 11.8.